The van der Waals surface area contributed by atoms with Crippen molar-refractivity contribution in [1.29, 1.82) is 0 Å². The highest BCUT2D eigenvalue weighted by Crippen LogP contribution is 2.41. The quantitative estimate of drug-likeness (QED) is 0.576. The van der Waals surface area contributed by atoms with Crippen LogP contribution in [0, 0.1) is 17.8 Å². The number of halogens is 1. The maximum absolute atomic E-state index is 11.2. The van der Waals surface area contributed by atoms with E-state index in [2.05, 4.69) is 0 Å². The Morgan fingerprint density at radius 1 is 1.17 bits per heavy atom. The molecule has 3 atom stereocenters. The predicted octanol–water partition coefficient (Wildman–Crippen LogP) is 2.62. The van der Waals surface area contributed by atoms with Gasteiger partial charge in [0.15, 0.2) is 0 Å². The van der Waals surface area contributed by atoms with Gasteiger partial charge in [-0.15, -0.1) is 11.6 Å². The van der Waals surface area contributed by atoms with E-state index in [1.165, 1.54) is 19.3 Å². The first-order chi connectivity index (χ1) is 5.78. The fourth-order valence-electron chi connectivity index (χ4n) is 2.89. The monoisotopic (exact) mass is 186 g/mol. The molecule has 1 unspecified atom stereocenters. The smallest absolute Gasteiger partial charge is 0.133 e. The van der Waals surface area contributed by atoms with E-state index < -0.39 is 0 Å². The number of hydrogen-bond acceptors (Lipinski definition) is 1. The maximum atomic E-state index is 11.2. The zero-order chi connectivity index (χ0) is 8.55. The van der Waals surface area contributed by atoms with Gasteiger partial charge in [0.25, 0.3) is 0 Å². The maximum Gasteiger partial charge on any atom is 0.133 e. The van der Waals surface area contributed by atoms with Gasteiger partial charge in [0, 0.05) is 18.7 Å². The third-order valence-corrected chi connectivity index (χ3v) is 3.69. The van der Waals surface area contributed by atoms with Crippen LogP contribution in [0.4, 0.5) is 0 Å². The van der Waals surface area contributed by atoms with Crippen molar-refractivity contribution in [2.45, 2.75) is 32.1 Å². The van der Waals surface area contributed by atoms with Crippen molar-refractivity contribution in [3.63, 3.8) is 0 Å². The lowest BCUT2D eigenvalue weighted by molar-refractivity contribution is -0.124. The van der Waals surface area contributed by atoms with Gasteiger partial charge in [-0.25, -0.2) is 0 Å². The summed E-state index contributed by atoms with van der Waals surface area (Å²) in [5, 5.41) is 0. The molecule has 68 valence electrons. The molecule has 0 saturated heterocycles. The molecule has 0 spiro atoms. The van der Waals surface area contributed by atoms with Gasteiger partial charge in [-0.1, -0.05) is 0 Å². The lowest BCUT2D eigenvalue weighted by Crippen LogP contribution is -2.31. The molecule has 0 heterocycles. The minimum absolute atomic E-state index is 0.490. The van der Waals surface area contributed by atoms with Crippen LogP contribution in [0.2, 0.25) is 0 Å². The first-order valence-corrected chi connectivity index (χ1v) is 5.39. The van der Waals surface area contributed by atoms with E-state index in [1.54, 1.807) is 0 Å². The van der Waals surface area contributed by atoms with E-state index in [9.17, 15) is 4.79 Å². The molecule has 2 rings (SSSR count). The first kappa shape index (κ1) is 8.55. The highest BCUT2D eigenvalue weighted by Gasteiger charge is 2.34. The van der Waals surface area contributed by atoms with Crippen LogP contribution in [0.1, 0.15) is 32.1 Å². The molecule has 0 radical (unpaired) electrons. The van der Waals surface area contributed by atoms with Crippen molar-refractivity contribution in [3.05, 3.63) is 0 Å². The van der Waals surface area contributed by atoms with Gasteiger partial charge in [0.05, 0.1) is 0 Å². The summed E-state index contributed by atoms with van der Waals surface area (Å²) in [5.74, 6) is 3.33. The fourth-order valence-corrected chi connectivity index (χ4v) is 3.14. The Balaban J connectivity index is 2.00. The van der Waals surface area contributed by atoms with Crippen molar-refractivity contribution in [1.82, 2.24) is 0 Å². The van der Waals surface area contributed by atoms with Crippen LogP contribution in [0.5, 0.6) is 0 Å². The van der Waals surface area contributed by atoms with E-state index >= 15 is 0 Å². The second kappa shape index (κ2) is 3.37. The Morgan fingerprint density at radius 3 is 2.25 bits per heavy atom. The fraction of sp³-hybridized carbons (Fsp3) is 0.900. The number of carbonyl (C=O) groups is 1. The van der Waals surface area contributed by atoms with Gasteiger partial charge in [-0.3, -0.25) is 4.79 Å². The molecule has 2 saturated carbocycles. The Kier molecular flexibility index (Phi) is 2.40. The van der Waals surface area contributed by atoms with E-state index in [4.69, 9.17) is 11.6 Å². The second-order valence-corrected chi connectivity index (χ2v) is 4.72. The van der Waals surface area contributed by atoms with Crippen molar-refractivity contribution < 1.29 is 4.79 Å². The summed E-state index contributed by atoms with van der Waals surface area (Å²) in [6.45, 7) is 0. The Bertz CT molecular complexity index is 174. The van der Waals surface area contributed by atoms with Crippen LogP contribution in [0.25, 0.3) is 0 Å². The van der Waals surface area contributed by atoms with E-state index in [1.807, 2.05) is 0 Å². The van der Waals surface area contributed by atoms with Crippen LogP contribution in [-0.4, -0.2) is 11.7 Å². The molecule has 2 heteroatoms. The van der Waals surface area contributed by atoms with Crippen molar-refractivity contribution in [2.24, 2.45) is 17.8 Å². The molecule has 0 aromatic rings. The molecule has 0 aromatic carbocycles. The molecule has 2 fully saturated rings. The summed E-state index contributed by atoms with van der Waals surface area (Å²) in [5.41, 5.74) is 0. The average Bonchev–Trinajstić information content (AvgIpc) is 2.02. The Labute approximate surface area is 78.5 Å². The van der Waals surface area contributed by atoms with Crippen LogP contribution >= 0.6 is 11.6 Å². The molecule has 1 nitrogen and oxygen atoms in total. The van der Waals surface area contributed by atoms with Gasteiger partial charge in [0.2, 0.25) is 0 Å². The molecule has 2 aliphatic rings. The van der Waals surface area contributed by atoms with Gasteiger partial charge in [0.1, 0.15) is 5.78 Å². The molecule has 0 aromatic heterocycles. The molecule has 0 aliphatic heterocycles. The SMILES string of the molecule is O=C1C[C@@H]2CC(CCl)C[C@H](C1)C2. The normalized spacial score (nSPS) is 41.4. The molecular formula is C10H15ClO. The predicted molar refractivity (Wildman–Crippen MR) is 49.3 cm³/mol. The van der Waals surface area contributed by atoms with Crippen molar-refractivity contribution >= 4 is 17.4 Å². The number of Topliss-reactive ketones (excluding diaryl/α,β-unsaturated/α-hetero) is 1. The number of rotatable bonds is 1. The zero-order valence-corrected chi connectivity index (χ0v) is 8.02. The zero-order valence-electron chi connectivity index (χ0n) is 7.26. The van der Waals surface area contributed by atoms with Gasteiger partial charge < -0.3 is 0 Å². The lowest BCUT2D eigenvalue weighted by atomic mass is 9.68. The number of ketones is 1. The highest BCUT2D eigenvalue weighted by molar-refractivity contribution is 6.18. The second-order valence-electron chi connectivity index (χ2n) is 4.41. The molecule has 12 heavy (non-hydrogen) atoms. The van der Waals surface area contributed by atoms with Crippen LogP contribution in [0.15, 0.2) is 0 Å². The number of fused-ring (bicyclic) bond motifs is 2. The molecule has 0 amide bonds. The number of alkyl halides is 1. The summed E-state index contributed by atoms with van der Waals surface area (Å²) in [6.07, 6.45) is 5.37. The van der Waals surface area contributed by atoms with Crippen LogP contribution in [0.3, 0.4) is 0 Å². The van der Waals surface area contributed by atoms with Crippen molar-refractivity contribution in [2.75, 3.05) is 5.88 Å². The lowest BCUT2D eigenvalue weighted by Gasteiger charge is -2.37. The van der Waals surface area contributed by atoms with Crippen LogP contribution < -0.4 is 0 Å². The minimum atomic E-state index is 0.490. The number of hydrogen-bond donors (Lipinski definition) is 0. The van der Waals surface area contributed by atoms with Gasteiger partial charge >= 0.3 is 0 Å². The summed E-state index contributed by atoms with van der Waals surface area (Å²) >= 11 is 5.84. The number of carbonyl (C=O) groups excluding carboxylic acids is 1. The van der Waals surface area contributed by atoms with Gasteiger partial charge in [-0.05, 0) is 37.0 Å². The molecular weight excluding hydrogens is 172 g/mol. The summed E-state index contributed by atoms with van der Waals surface area (Å²) in [6, 6.07) is 0. The highest BCUT2D eigenvalue weighted by atomic mass is 35.5. The Hall–Kier alpha value is -0.0400. The third-order valence-electron chi connectivity index (χ3n) is 3.25. The third kappa shape index (κ3) is 1.66. The van der Waals surface area contributed by atoms with Crippen molar-refractivity contribution in [3.8, 4) is 0 Å². The molecule has 2 bridgehead atoms. The Morgan fingerprint density at radius 2 is 1.75 bits per heavy atom. The van der Waals surface area contributed by atoms with E-state index in [-0.39, 0.29) is 0 Å². The van der Waals surface area contributed by atoms with Gasteiger partial charge in [-0.2, -0.15) is 0 Å². The summed E-state index contributed by atoms with van der Waals surface area (Å²) < 4.78 is 0. The van der Waals surface area contributed by atoms with E-state index in [0.717, 1.165) is 18.7 Å². The van der Waals surface area contributed by atoms with Crippen LogP contribution in [-0.2, 0) is 4.79 Å². The first-order valence-electron chi connectivity index (χ1n) is 4.85. The average molecular weight is 187 g/mol. The minimum Gasteiger partial charge on any atom is -0.300 e. The summed E-state index contributed by atoms with van der Waals surface area (Å²) in [7, 11) is 0. The summed E-state index contributed by atoms with van der Waals surface area (Å²) in [4.78, 5) is 11.2. The largest absolute Gasteiger partial charge is 0.300 e. The molecule has 0 N–H and O–H groups in total. The van der Waals surface area contributed by atoms with E-state index in [0.29, 0.717) is 23.5 Å². The molecule has 2 aliphatic carbocycles. The standard InChI is InChI=1S/C10H15ClO/c11-6-9-2-7-1-8(3-9)5-10(12)4-7/h7-9H,1-6H2/t7-,8+,9?. The topological polar surface area (TPSA) is 17.1 Å².